The maximum atomic E-state index is 11.6. The Morgan fingerprint density at radius 1 is 0.875 bits per heavy atom. The molecule has 0 saturated heterocycles. The van der Waals surface area contributed by atoms with E-state index in [1.165, 1.54) is 0 Å². The monoisotopic (exact) mass is 329 g/mol. The molecule has 6 nitrogen and oxygen atoms in total. The molecule has 0 heterocycles. The Morgan fingerprint density at radius 3 is 1.92 bits per heavy atom. The maximum Gasteiger partial charge on any atom is 0.334 e. The van der Waals surface area contributed by atoms with E-state index in [1.54, 1.807) is 54.6 Å². The zero-order valence-corrected chi connectivity index (χ0v) is 12.9. The van der Waals surface area contributed by atoms with E-state index in [2.05, 4.69) is 5.32 Å². The number of carboxylic acids is 2. The van der Waals surface area contributed by atoms with E-state index in [-0.39, 0.29) is 6.42 Å². The third-order valence-corrected chi connectivity index (χ3v) is 3.69. The number of hydrogen-bond acceptors (Lipinski definition) is 4. The topological polar surface area (TPSA) is 107 Å². The molecule has 6 heteroatoms. The Labute approximate surface area is 139 Å². The highest BCUT2D eigenvalue weighted by molar-refractivity contribution is 5.75. The van der Waals surface area contributed by atoms with Crippen LogP contribution in [-0.2, 0) is 16.0 Å². The van der Waals surface area contributed by atoms with Gasteiger partial charge in [0.1, 0.15) is 6.04 Å². The van der Waals surface area contributed by atoms with E-state index >= 15 is 0 Å². The van der Waals surface area contributed by atoms with Gasteiger partial charge in [0.05, 0.1) is 6.04 Å². The third kappa shape index (κ3) is 4.65. The van der Waals surface area contributed by atoms with Crippen molar-refractivity contribution >= 4 is 11.9 Å². The fourth-order valence-corrected chi connectivity index (χ4v) is 2.46. The second kappa shape index (κ2) is 8.24. The highest BCUT2D eigenvalue weighted by atomic mass is 16.4. The summed E-state index contributed by atoms with van der Waals surface area (Å²) in [6.07, 6.45) is -1.59. The molecule has 0 saturated carbocycles. The molecule has 126 valence electrons. The van der Waals surface area contributed by atoms with E-state index in [9.17, 15) is 19.8 Å². The summed E-state index contributed by atoms with van der Waals surface area (Å²) in [7, 11) is 0. The van der Waals surface area contributed by atoms with Gasteiger partial charge in [-0.05, 0) is 17.5 Å². The lowest BCUT2D eigenvalue weighted by atomic mass is 9.98. The first-order valence-electron chi connectivity index (χ1n) is 7.47. The first-order chi connectivity index (χ1) is 11.5. The van der Waals surface area contributed by atoms with Gasteiger partial charge >= 0.3 is 11.9 Å². The molecule has 0 aliphatic carbocycles. The quantitative estimate of drug-likeness (QED) is 0.584. The van der Waals surface area contributed by atoms with E-state index < -0.39 is 30.1 Å². The lowest BCUT2D eigenvalue weighted by Gasteiger charge is -2.26. The van der Waals surface area contributed by atoms with Crippen molar-refractivity contribution in [2.45, 2.75) is 24.6 Å². The minimum atomic E-state index is -1.76. The minimum absolute atomic E-state index is 0.172. The number of rotatable bonds is 8. The van der Waals surface area contributed by atoms with Crippen molar-refractivity contribution in [1.29, 1.82) is 0 Å². The molecule has 0 fully saturated rings. The molecule has 0 spiro atoms. The van der Waals surface area contributed by atoms with Gasteiger partial charge in [0.2, 0.25) is 0 Å². The second-order valence-corrected chi connectivity index (χ2v) is 5.42. The van der Waals surface area contributed by atoms with Crippen LogP contribution in [0.2, 0.25) is 0 Å². The van der Waals surface area contributed by atoms with Crippen molar-refractivity contribution < 1.29 is 24.9 Å². The molecule has 24 heavy (non-hydrogen) atoms. The van der Waals surface area contributed by atoms with Gasteiger partial charge in [-0.25, -0.2) is 4.79 Å². The smallest absolute Gasteiger partial charge is 0.334 e. The summed E-state index contributed by atoms with van der Waals surface area (Å²) in [5.41, 5.74) is 1.31. The molecular formula is C18H19NO5. The number of benzene rings is 2. The molecule has 2 aromatic carbocycles. The molecule has 2 unspecified atom stereocenters. The highest BCUT2D eigenvalue weighted by Crippen LogP contribution is 2.19. The Bertz CT molecular complexity index is 674. The van der Waals surface area contributed by atoms with Crippen molar-refractivity contribution in [3.63, 3.8) is 0 Å². The second-order valence-electron chi connectivity index (χ2n) is 5.42. The molecule has 4 N–H and O–H groups in total. The van der Waals surface area contributed by atoms with Crippen LogP contribution < -0.4 is 5.32 Å². The molecule has 0 bridgehead atoms. The molecule has 0 aliphatic heterocycles. The Balaban J connectivity index is 2.24. The molecule has 0 aromatic heterocycles. The van der Waals surface area contributed by atoms with Gasteiger partial charge in [-0.2, -0.15) is 0 Å². The van der Waals surface area contributed by atoms with E-state index in [0.717, 1.165) is 5.56 Å². The summed E-state index contributed by atoms with van der Waals surface area (Å²) in [4.78, 5) is 22.8. The van der Waals surface area contributed by atoms with Crippen LogP contribution in [0.5, 0.6) is 0 Å². The first-order valence-corrected chi connectivity index (χ1v) is 7.47. The van der Waals surface area contributed by atoms with E-state index in [0.29, 0.717) is 5.56 Å². The van der Waals surface area contributed by atoms with Crippen LogP contribution in [0.25, 0.3) is 0 Å². The fraction of sp³-hybridized carbons (Fsp3) is 0.222. The summed E-state index contributed by atoms with van der Waals surface area (Å²) in [5.74, 6) is -2.53. The van der Waals surface area contributed by atoms with Crippen LogP contribution >= 0.6 is 0 Å². The van der Waals surface area contributed by atoms with Crippen LogP contribution in [0, 0.1) is 0 Å². The van der Waals surface area contributed by atoms with Crippen LogP contribution in [0.3, 0.4) is 0 Å². The summed E-state index contributed by atoms with van der Waals surface area (Å²) in [6.45, 7) is 0. The Hall–Kier alpha value is -2.70. The number of nitrogens with one attached hydrogen (secondary N) is 1. The third-order valence-electron chi connectivity index (χ3n) is 3.69. The van der Waals surface area contributed by atoms with Gasteiger partial charge < -0.3 is 15.3 Å². The van der Waals surface area contributed by atoms with Gasteiger partial charge in [0.25, 0.3) is 0 Å². The predicted molar refractivity (Wildman–Crippen MR) is 87.5 cm³/mol. The van der Waals surface area contributed by atoms with E-state index in [1.807, 2.05) is 6.07 Å². The molecule has 0 amide bonds. The van der Waals surface area contributed by atoms with Crippen LogP contribution in [0.15, 0.2) is 60.7 Å². The van der Waals surface area contributed by atoms with Crippen LogP contribution in [0.1, 0.15) is 17.2 Å². The van der Waals surface area contributed by atoms with Crippen molar-refractivity contribution in [2.24, 2.45) is 0 Å². The van der Waals surface area contributed by atoms with Gasteiger partial charge in [0.15, 0.2) is 6.10 Å². The largest absolute Gasteiger partial charge is 0.480 e. The van der Waals surface area contributed by atoms with E-state index in [4.69, 9.17) is 5.11 Å². The number of carboxylic acid groups (broad SMARTS) is 2. The lowest BCUT2D eigenvalue weighted by Crippen LogP contribution is -2.46. The normalized spacial score (nSPS) is 14.5. The average molecular weight is 329 g/mol. The number of aliphatic carboxylic acids is 2. The van der Waals surface area contributed by atoms with Gasteiger partial charge in [-0.15, -0.1) is 0 Å². The Morgan fingerprint density at radius 2 is 1.42 bits per heavy atom. The van der Waals surface area contributed by atoms with Crippen molar-refractivity contribution in [3.8, 4) is 0 Å². The minimum Gasteiger partial charge on any atom is -0.480 e. The zero-order valence-electron chi connectivity index (χ0n) is 12.9. The number of carbonyl (C=O) groups is 2. The molecule has 3 atom stereocenters. The lowest BCUT2D eigenvalue weighted by molar-refractivity contribution is -0.150. The SMILES string of the molecule is O=C(O)C(O)C(N[C@@H](Cc1ccccc1)C(=O)O)c1ccccc1. The number of aliphatic hydroxyl groups excluding tert-OH is 1. The predicted octanol–water partition coefficient (Wildman–Crippen LogP) is 1.46. The Kier molecular flexibility index (Phi) is 6.06. The first kappa shape index (κ1) is 17.7. The fourth-order valence-electron chi connectivity index (χ4n) is 2.46. The average Bonchev–Trinajstić information content (AvgIpc) is 2.59. The molecule has 2 rings (SSSR count). The van der Waals surface area contributed by atoms with Crippen molar-refractivity contribution in [1.82, 2.24) is 5.32 Å². The molecule has 0 aliphatic rings. The zero-order chi connectivity index (χ0) is 17.5. The van der Waals surface area contributed by atoms with Gasteiger partial charge in [0, 0.05) is 0 Å². The maximum absolute atomic E-state index is 11.6. The van der Waals surface area contributed by atoms with Gasteiger partial charge in [-0.1, -0.05) is 60.7 Å². The van der Waals surface area contributed by atoms with Crippen molar-refractivity contribution in [2.75, 3.05) is 0 Å². The molecule has 0 radical (unpaired) electrons. The summed E-state index contributed by atoms with van der Waals surface area (Å²) in [5, 5.41) is 31.3. The number of aliphatic hydroxyl groups is 1. The number of hydrogen-bond donors (Lipinski definition) is 4. The van der Waals surface area contributed by atoms with Crippen molar-refractivity contribution in [3.05, 3.63) is 71.8 Å². The summed E-state index contributed by atoms with van der Waals surface area (Å²) >= 11 is 0. The molecular weight excluding hydrogens is 310 g/mol. The van der Waals surface area contributed by atoms with Crippen LogP contribution in [-0.4, -0.2) is 39.4 Å². The highest BCUT2D eigenvalue weighted by Gasteiger charge is 2.31. The summed E-state index contributed by atoms with van der Waals surface area (Å²) in [6, 6.07) is 15.4. The standard InChI is InChI=1S/C18H19NO5/c20-16(18(23)24)15(13-9-5-2-6-10-13)19-14(17(21)22)11-12-7-3-1-4-8-12/h1-10,14-16,19-20H,11H2,(H,21,22)(H,23,24)/t14-,15?,16?/m0/s1. The summed E-state index contributed by atoms with van der Waals surface area (Å²) < 4.78 is 0. The molecule has 2 aromatic rings. The van der Waals surface area contributed by atoms with Crippen LogP contribution in [0.4, 0.5) is 0 Å². The van der Waals surface area contributed by atoms with Gasteiger partial charge in [-0.3, -0.25) is 10.1 Å².